The molecule has 1 saturated heterocycles. The van der Waals surface area contributed by atoms with Gasteiger partial charge in [-0.3, -0.25) is 0 Å². The maximum Gasteiger partial charge on any atom is 0.120 e. The van der Waals surface area contributed by atoms with E-state index in [0.717, 1.165) is 32.2 Å². The first kappa shape index (κ1) is 7.29. The monoisotopic (exact) mass is 154 g/mol. The lowest BCUT2D eigenvalue weighted by Gasteiger charge is -2.28. The zero-order valence-electron chi connectivity index (χ0n) is 6.71. The van der Waals surface area contributed by atoms with Crippen LogP contribution in [0.5, 0.6) is 0 Å². The van der Waals surface area contributed by atoms with Gasteiger partial charge in [0.25, 0.3) is 0 Å². The molecule has 2 aliphatic rings. The van der Waals surface area contributed by atoms with Crippen molar-refractivity contribution in [3.05, 3.63) is 0 Å². The van der Waals surface area contributed by atoms with Gasteiger partial charge in [0, 0.05) is 13.0 Å². The number of hydrogen-bond donors (Lipinski definition) is 0. The second-order valence-electron chi connectivity index (χ2n) is 3.79. The summed E-state index contributed by atoms with van der Waals surface area (Å²) in [6.45, 7) is 0.874. The van der Waals surface area contributed by atoms with E-state index in [1.807, 2.05) is 0 Å². The maximum atomic E-state index is 10.3. The first-order valence-corrected chi connectivity index (χ1v) is 4.42. The van der Waals surface area contributed by atoms with E-state index in [0.29, 0.717) is 5.92 Å². The number of carbonyl (C=O) groups excluding carboxylic acids is 1. The van der Waals surface area contributed by atoms with Crippen LogP contribution in [0.3, 0.4) is 0 Å². The molecule has 2 fully saturated rings. The lowest BCUT2D eigenvalue weighted by Crippen LogP contribution is -2.27. The molecule has 2 nitrogen and oxygen atoms in total. The van der Waals surface area contributed by atoms with Crippen molar-refractivity contribution < 1.29 is 9.53 Å². The highest BCUT2D eigenvalue weighted by atomic mass is 16.5. The van der Waals surface area contributed by atoms with Gasteiger partial charge in [-0.25, -0.2) is 0 Å². The van der Waals surface area contributed by atoms with E-state index < -0.39 is 0 Å². The molecule has 0 amide bonds. The van der Waals surface area contributed by atoms with E-state index in [2.05, 4.69) is 0 Å². The third kappa shape index (κ3) is 1.45. The summed E-state index contributed by atoms with van der Waals surface area (Å²) in [6.07, 6.45) is 6.45. The summed E-state index contributed by atoms with van der Waals surface area (Å²) in [5, 5.41) is 0. The summed E-state index contributed by atoms with van der Waals surface area (Å²) in [4.78, 5) is 10.3. The third-order valence-electron chi connectivity index (χ3n) is 2.83. The summed E-state index contributed by atoms with van der Waals surface area (Å²) < 4.78 is 5.64. The molecule has 1 aliphatic heterocycles. The van der Waals surface area contributed by atoms with Crippen LogP contribution in [0.2, 0.25) is 0 Å². The molecule has 0 aromatic carbocycles. The molecule has 1 unspecified atom stereocenters. The quantitative estimate of drug-likeness (QED) is 0.564. The van der Waals surface area contributed by atoms with Crippen LogP contribution in [-0.4, -0.2) is 18.5 Å². The van der Waals surface area contributed by atoms with Crippen molar-refractivity contribution in [1.82, 2.24) is 0 Å². The van der Waals surface area contributed by atoms with Gasteiger partial charge in [0.05, 0.1) is 5.60 Å². The molecule has 1 heterocycles. The van der Waals surface area contributed by atoms with Crippen molar-refractivity contribution in [2.45, 2.75) is 37.7 Å². The van der Waals surface area contributed by atoms with Crippen molar-refractivity contribution in [2.24, 2.45) is 5.92 Å². The SMILES string of the molecule is O=CCC1CCOC2(CC2)C1. The molecule has 1 saturated carbocycles. The average molecular weight is 154 g/mol. The Kier molecular flexibility index (Phi) is 1.72. The van der Waals surface area contributed by atoms with Gasteiger partial charge < -0.3 is 9.53 Å². The molecule has 1 atom stereocenters. The summed E-state index contributed by atoms with van der Waals surface area (Å²) in [5.41, 5.74) is 0.242. The van der Waals surface area contributed by atoms with E-state index in [9.17, 15) is 4.79 Å². The van der Waals surface area contributed by atoms with Crippen molar-refractivity contribution in [1.29, 1.82) is 0 Å². The molecule has 2 heteroatoms. The van der Waals surface area contributed by atoms with Gasteiger partial charge in [0.15, 0.2) is 0 Å². The highest BCUT2D eigenvalue weighted by molar-refractivity contribution is 5.49. The number of aldehydes is 1. The maximum absolute atomic E-state index is 10.3. The Hall–Kier alpha value is -0.370. The number of hydrogen-bond acceptors (Lipinski definition) is 2. The summed E-state index contributed by atoms with van der Waals surface area (Å²) >= 11 is 0. The van der Waals surface area contributed by atoms with Gasteiger partial charge in [-0.05, 0) is 31.6 Å². The topological polar surface area (TPSA) is 26.3 Å². The van der Waals surface area contributed by atoms with Crippen LogP contribution in [0.15, 0.2) is 0 Å². The van der Waals surface area contributed by atoms with Crippen molar-refractivity contribution in [3.8, 4) is 0 Å². The second kappa shape index (κ2) is 2.59. The zero-order chi connectivity index (χ0) is 7.73. The lowest BCUT2D eigenvalue weighted by atomic mass is 9.92. The molecule has 0 radical (unpaired) electrons. The van der Waals surface area contributed by atoms with Gasteiger partial charge in [0.1, 0.15) is 6.29 Å². The predicted octanol–water partition coefficient (Wildman–Crippen LogP) is 1.53. The number of rotatable bonds is 2. The number of ether oxygens (including phenoxy) is 1. The fourth-order valence-electron chi connectivity index (χ4n) is 1.95. The minimum atomic E-state index is 0.242. The molecular formula is C9H14O2. The molecule has 2 rings (SSSR count). The summed E-state index contributed by atoms with van der Waals surface area (Å²) in [7, 11) is 0. The van der Waals surface area contributed by atoms with Gasteiger partial charge >= 0.3 is 0 Å². The van der Waals surface area contributed by atoms with Crippen molar-refractivity contribution >= 4 is 6.29 Å². The minimum absolute atomic E-state index is 0.242. The Morgan fingerprint density at radius 3 is 3.00 bits per heavy atom. The minimum Gasteiger partial charge on any atom is -0.375 e. The summed E-state index contributed by atoms with van der Waals surface area (Å²) in [5.74, 6) is 0.615. The van der Waals surface area contributed by atoms with Crippen molar-refractivity contribution in [2.75, 3.05) is 6.61 Å². The highest BCUT2D eigenvalue weighted by Crippen LogP contribution is 2.48. The zero-order valence-corrected chi connectivity index (χ0v) is 6.71. The molecule has 0 N–H and O–H groups in total. The Labute approximate surface area is 66.9 Å². The molecule has 1 aliphatic carbocycles. The molecule has 0 bridgehead atoms. The first-order chi connectivity index (χ1) is 5.35. The fourth-order valence-corrected chi connectivity index (χ4v) is 1.95. The van der Waals surface area contributed by atoms with E-state index >= 15 is 0 Å². The van der Waals surface area contributed by atoms with E-state index in [1.165, 1.54) is 12.8 Å². The Morgan fingerprint density at radius 1 is 1.55 bits per heavy atom. The second-order valence-corrected chi connectivity index (χ2v) is 3.79. The van der Waals surface area contributed by atoms with Crippen LogP contribution < -0.4 is 0 Å². The van der Waals surface area contributed by atoms with E-state index in [1.54, 1.807) is 0 Å². The standard InChI is InChI=1S/C9H14O2/c10-5-1-8-2-6-11-9(7-8)3-4-9/h5,8H,1-4,6-7H2. The molecule has 0 aromatic rings. The van der Waals surface area contributed by atoms with Crippen LogP contribution in [0.25, 0.3) is 0 Å². The predicted molar refractivity (Wildman–Crippen MR) is 41.3 cm³/mol. The van der Waals surface area contributed by atoms with E-state index in [-0.39, 0.29) is 5.60 Å². The fraction of sp³-hybridized carbons (Fsp3) is 0.889. The van der Waals surface area contributed by atoms with Crippen LogP contribution in [0.1, 0.15) is 32.1 Å². The lowest BCUT2D eigenvalue weighted by molar-refractivity contribution is -0.110. The molecular weight excluding hydrogens is 140 g/mol. The Balaban J connectivity index is 1.88. The molecule has 0 aromatic heterocycles. The summed E-state index contributed by atoms with van der Waals surface area (Å²) in [6, 6.07) is 0. The largest absolute Gasteiger partial charge is 0.375 e. The molecule has 11 heavy (non-hydrogen) atoms. The van der Waals surface area contributed by atoms with Crippen molar-refractivity contribution in [3.63, 3.8) is 0 Å². The Morgan fingerprint density at radius 2 is 2.36 bits per heavy atom. The Bertz CT molecular complexity index is 161. The first-order valence-electron chi connectivity index (χ1n) is 4.42. The normalized spacial score (nSPS) is 33.6. The highest BCUT2D eigenvalue weighted by Gasteiger charge is 2.47. The average Bonchev–Trinajstić information content (AvgIpc) is 2.70. The van der Waals surface area contributed by atoms with E-state index in [4.69, 9.17) is 4.74 Å². The third-order valence-corrected chi connectivity index (χ3v) is 2.83. The molecule has 1 spiro atoms. The van der Waals surface area contributed by atoms with Crippen LogP contribution >= 0.6 is 0 Å². The van der Waals surface area contributed by atoms with Gasteiger partial charge in [0.2, 0.25) is 0 Å². The van der Waals surface area contributed by atoms with Crippen LogP contribution in [0.4, 0.5) is 0 Å². The smallest absolute Gasteiger partial charge is 0.120 e. The van der Waals surface area contributed by atoms with Crippen LogP contribution in [-0.2, 0) is 9.53 Å². The number of carbonyl (C=O) groups is 1. The van der Waals surface area contributed by atoms with Gasteiger partial charge in [-0.2, -0.15) is 0 Å². The van der Waals surface area contributed by atoms with Gasteiger partial charge in [-0.15, -0.1) is 0 Å². The van der Waals surface area contributed by atoms with Gasteiger partial charge in [-0.1, -0.05) is 0 Å². The van der Waals surface area contributed by atoms with Crippen LogP contribution in [0, 0.1) is 5.92 Å². The molecule has 62 valence electrons.